The van der Waals surface area contributed by atoms with Gasteiger partial charge >= 0.3 is 0 Å². The zero-order valence-corrected chi connectivity index (χ0v) is 6.99. The monoisotopic (exact) mass is 154 g/mol. The first-order chi connectivity index (χ1) is 5.24. The van der Waals surface area contributed by atoms with Crippen LogP contribution in [0.15, 0.2) is 6.33 Å². The van der Waals surface area contributed by atoms with Gasteiger partial charge in [0.1, 0.15) is 12.2 Å². The van der Waals surface area contributed by atoms with Gasteiger partial charge in [-0.25, -0.2) is 0 Å². The molecule has 0 fully saturated rings. The van der Waals surface area contributed by atoms with Crippen LogP contribution in [-0.4, -0.2) is 20.8 Å². The Morgan fingerprint density at radius 2 is 2.45 bits per heavy atom. The summed E-state index contributed by atoms with van der Waals surface area (Å²) >= 11 is 0. The maximum atomic E-state index is 5.63. The van der Waals surface area contributed by atoms with E-state index >= 15 is 0 Å². The third-order valence-electron chi connectivity index (χ3n) is 1.54. The second-order valence-electron chi connectivity index (χ2n) is 2.71. The molecule has 0 aliphatic heterocycles. The molecular formula is C7H14N4. The van der Waals surface area contributed by atoms with Crippen molar-refractivity contribution < 1.29 is 0 Å². The van der Waals surface area contributed by atoms with Crippen LogP contribution >= 0.6 is 0 Å². The van der Waals surface area contributed by atoms with Crippen LogP contribution in [0.2, 0.25) is 0 Å². The van der Waals surface area contributed by atoms with Crippen LogP contribution in [-0.2, 0) is 13.0 Å². The minimum Gasteiger partial charge on any atom is -0.328 e. The Bertz CT molecular complexity index is 216. The second-order valence-corrected chi connectivity index (χ2v) is 2.71. The van der Waals surface area contributed by atoms with Crippen molar-refractivity contribution in [1.82, 2.24) is 14.8 Å². The summed E-state index contributed by atoms with van der Waals surface area (Å²) in [7, 11) is 0. The molecule has 0 saturated carbocycles. The van der Waals surface area contributed by atoms with Gasteiger partial charge in [0.05, 0.1) is 0 Å². The second kappa shape index (κ2) is 3.48. The Kier molecular flexibility index (Phi) is 2.59. The Morgan fingerprint density at radius 1 is 1.73 bits per heavy atom. The van der Waals surface area contributed by atoms with Crippen LogP contribution in [0, 0.1) is 0 Å². The molecule has 0 aliphatic rings. The lowest BCUT2D eigenvalue weighted by Gasteiger charge is -2.04. The first-order valence-corrected chi connectivity index (χ1v) is 3.86. The molecule has 11 heavy (non-hydrogen) atoms. The van der Waals surface area contributed by atoms with E-state index in [-0.39, 0.29) is 6.04 Å². The lowest BCUT2D eigenvalue weighted by atomic mass is 10.2. The van der Waals surface area contributed by atoms with E-state index in [0.29, 0.717) is 0 Å². The predicted molar refractivity (Wildman–Crippen MR) is 43.0 cm³/mol. The van der Waals surface area contributed by atoms with Gasteiger partial charge in [-0.3, -0.25) is 0 Å². The highest BCUT2D eigenvalue weighted by atomic mass is 15.3. The summed E-state index contributed by atoms with van der Waals surface area (Å²) in [6, 6.07) is 0.157. The van der Waals surface area contributed by atoms with Crippen molar-refractivity contribution in [3.8, 4) is 0 Å². The summed E-state index contributed by atoms with van der Waals surface area (Å²) in [5.41, 5.74) is 5.63. The standard InChI is InChI=1S/C7H14N4/c1-3-11-5-9-10-7(11)4-6(2)8/h5-6H,3-4,8H2,1-2H3. The molecule has 62 valence electrons. The van der Waals surface area contributed by atoms with Crippen molar-refractivity contribution in [2.24, 2.45) is 5.73 Å². The van der Waals surface area contributed by atoms with Gasteiger partial charge in [-0.15, -0.1) is 10.2 Å². The lowest BCUT2D eigenvalue weighted by molar-refractivity contribution is 0.636. The topological polar surface area (TPSA) is 56.7 Å². The van der Waals surface area contributed by atoms with Crippen molar-refractivity contribution in [2.45, 2.75) is 32.9 Å². The summed E-state index contributed by atoms with van der Waals surface area (Å²) in [5, 5.41) is 7.76. The minimum absolute atomic E-state index is 0.157. The van der Waals surface area contributed by atoms with Crippen molar-refractivity contribution in [3.63, 3.8) is 0 Å². The largest absolute Gasteiger partial charge is 0.328 e. The number of nitrogens with two attached hydrogens (primary N) is 1. The Labute approximate surface area is 66.4 Å². The van der Waals surface area contributed by atoms with Crippen LogP contribution in [0.4, 0.5) is 0 Å². The third kappa shape index (κ3) is 2.01. The molecule has 1 rings (SSSR count). The maximum Gasteiger partial charge on any atom is 0.134 e. The van der Waals surface area contributed by atoms with Crippen LogP contribution in [0.5, 0.6) is 0 Å². The molecule has 0 radical (unpaired) electrons. The number of nitrogens with zero attached hydrogens (tertiary/aromatic N) is 3. The number of rotatable bonds is 3. The molecule has 4 nitrogen and oxygen atoms in total. The number of hydrogen-bond acceptors (Lipinski definition) is 3. The SMILES string of the molecule is CCn1cnnc1CC(C)N. The summed E-state index contributed by atoms with van der Waals surface area (Å²) in [6.07, 6.45) is 2.53. The summed E-state index contributed by atoms with van der Waals surface area (Å²) in [5.74, 6) is 0.975. The molecule has 0 aromatic carbocycles. The molecule has 0 aliphatic carbocycles. The smallest absolute Gasteiger partial charge is 0.134 e. The van der Waals surface area contributed by atoms with Crippen LogP contribution in [0.25, 0.3) is 0 Å². The van der Waals surface area contributed by atoms with Crippen molar-refractivity contribution in [3.05, 3.63) is 12.2 Å². The van der Waals surface area contributed by atoms with Gasteiger partial charge in [0.2, 0.25) is 0 Å². The molecule has 1 unspecified atom stereocenters. The highest BCUT2D eigenvalue weighted by Crippen LogP contribution is 1.97. The van der Waals surface area contributed by atoms with E-state index in [1.165, 1.54) is 0 Å². The zero-order chi connectivity index (χ0) is 8.27. The predicted octanol–water partition coefficient (Wildman–Crippen LogP) is 0.188. The first kappa shape index (κ1) is 8.20. The molecule has 4 heteroatoms. The molecule has 0 saturated heterocycles. The van der Waals surface area contributed by atoms with Crippen LogP contribution in [0.3, 0.4) is 0 Å². The van der Waals surface area contributed by atoms with Gasteiger partial charge < -0.3 is 10.3 Å². The summed E-state index contributed by atoms with van der Waals surface area (Å²) in [4.78, 5) is 0. The Hall–Kier alpha value is -0.900. The molecule has 0 bridgehead atoms. The fraction of sp³-hybridized carbons (Fsp3) is 0.714. The average Bonchev–Trinajstić information content (AvgIpc) is 2.34. The van der Waals surface area contributed by atoms with Gasteiger partial charge in [-0.2, -0.15) is 0 Å². The minimum atomic E-state index is 0.157. The molecule has 1 atom stereocenters. The van der Waals surface area contributed by atoms with Gasteiger partial charge in [-0.1, -0.05) is 0 Å². The molecule has 2 N–H and O–H groups in total. The van der Waals surface area contributed by atoms with Crippen molar-refractivity contribution >= 4 is 0 Å². The van der Waals surface area contributed by atoms with E-state index < -0.39 is 0 Å². The Morgan fingerprint density at radius 3 is 3.00 bits per heavy atom. The highest BCUT2D eigenvalue weighted by molar-refractivity contribution is 4.88. The quantitative estimate of drug-likeness (QED) is 0.676. The molecule has 0 spiro atoms. The fourth-order valence-corrected chi connectivity index (χ4v) is 0.989. The van der Waals surface area contributed by atoms with Gasteiger partial charge in [0.15, 0.2) is 0 Å². The first-order valence-electron chi connectivity index (χ1n) is 3.86. The van der Waals surface area contributed by atoms with Gasteiger partial charge in [0.25, 0.3) is 0 Å². The molecule has 1 aromatic rings. The van der Waals surface area contributed by atoms with Crippen LogP contribution in [0.1, 0.15) is 19.7 Å². The summed E-state index contributed by atoms with van der Waals surface area (Å²) < 4.78 is 2.00. The molecule has 1 heterocycles. The Balaban J connectivity index is 2.68. The van der Waals surface area contributed by atoms with Crippen molar-refractivity contribution in [1.29, 1.82) is 0 Å². The summed E-state index contributed by atoms with van der Waals surface area (Å²) in [6.45, 7) is 4.94. The van der Waals surface area contributed by atoms with Gasteiger partial charge in [-0.05, 0) is 13.8 Å². The van der Waals surface area contributed by atoms with E-state index in [2.05, 4.69) is 17.1 Å². The maximum absolute atomic E-state index is 5.63. The van der Waals surface area contributed by atoms with Gasteiger partial charge in [0, 0.05) is 19.0 Å². The van der Waals surface area contributed by atoms with E-state index in [4.69, 9.17) is 5.73 Å². The fourth-order valence-electron chi connectivity index (χ4n) is 0.989. The number of aryl methyl sites for hydroxylation is 1. The molecular weight excluding hydrogens is 140 g/mol. The average molecular weight is 154 g/mol. The lowest BCUT2D eigenvalue weighted by Crippen LogP contribution is -2.20. The number of hydrogen-bond donors (Lipinski definition) is 1. The van der Waals surface area contributed by atoms with Crippen molar-refractivity contribution in [2.75, 3.05) is 0 Å². The van der Waals surface area contributed by atoms with Crippen LogP contribution < -0.4 is 5.73 Å². The molecule has 0 amide bonds. The van der Waals surface area contributed by atoms with E-state index in [1.807, 2.05) is 11.5 Å². The zero-order valence-electron chi connectivity index (χ0n) is 6.99. The highest BCUT2D eigenvalue weighted by Gasteiger charge is 2.04. The van der Waals surface area contributed by atoms with E-state index in [1.54, 1.807) is 6.33 Å². The van der Waals surface area contributed by atoms with E-state index in [0.717, 1.165) is 18.8 Å². The van der Waals surface area contributed by atoms with E-state index in [9.17, 15) is 0 Å². The molecule has 1 aromatic heterocycles. The third-order valence-corrected chi connectivity index (χ3v) is 1.54. The number of aromatic nitrogens is 3. The normalized spacial score (nSPS) is 13.4.